The first kappa shape index (κ1) is 12.9. The lowest BCUT2D eigenvalue weighted by atomic mass is 10.3. The number of ether oxygens (including phenoxy) is 1. The second-order valence-electron chi connectivity index (χ2n) is 3.77. The predicted octanol–water partition coefficient (Wildman–Crippen LogP) is -0.587. The first-order valence-corrected chi connectivity index (χ1v) is 5.68. The van der Waals surface area contributed by atoms with Crippen molar-refractivity contribution in [3.8, 4) is 0 Å². The summed E-state index contributed by atoms with van der Waals surface area (Å²) in [5.74, 6) is -1.04. The van der Waals surface area contributed by atoms with Crippen LogP contribution in [0.2, 0.25) is 0 Å². The molecule has 0 amide bonds. The SMILES string of the molecule is CCOC(=O)CC(=O)Cn1nc2cnccn2c1=O. The maximum atomic E-state index is 11.8. The first-order chi connectivity index (χ1) is 9.11. The topological polar surface area (TPSA) is 95.6 Å². The summed E-state index contributed by atoms with van der Waals surface area (Å²) in [4.78, 5) is 38.4. The van der Waals surface area contributed by atoms with E-state index in [0.717, 1.165) is 4.68 Å². The van der Waals surface area contributed by atoms with Gasteiger partial charge in [-0.05, 0) is 6.92 Å². The van der Waals surface area contributed by atoms with Crippen LogP contribution in [0, 0.1) is 0 Å². The molecule has 0 atom stereocenters. The number of esters is 1. The highest BCUT2D eigenvalue weighted by atomic mass is 16.5. The van der Waals surface area contributed by atoms with Crippen LogP contribution in [0.5, 0.6) is 0 Å². The van der Waals surface area contributed by atoms with Crippen molar-refractivity contribution in [1.82, 2.24) is 19.2 Å². The standard InChI is InChI=1S/C11H12N4O4/c1-2-19-10(17)5-8(16)7-15-11(18)14-4-3-12-6-9(14)13-15/h3-4,6H,2,5,7H2,1H3. The number of Topliss-reactive ketones (excluding diaryl/α,β-unsaturated/α-hetero) is 1. The molecule has 2 aromatic rings. The zero-order valence-corrected chi connectivity index (χ0v) is 10.3. The highest BCUT2D eigenvalue weighted by molar-refractivity contribution is 5.95. The highest BCUT2D eigenvalue weighted by Crippen LogP contribution is 1.95. The lowest BCUT2D eigenvalue weighted by molar-refractivity contribution is -0.145. The largest absolute Gasteiger partial charge is 0.466 e. The van der Waals surface area contributed by atoms with Gasteiger partial charge in [0.15, 0.2) is 11.4 Å². The van der Waals surface area contributed by atoms with E-state index < -0.39 is 17.4 Å². The van der Waals surface area contributed by atoms with Gasteiger partial charge in [0, 0.05) is 12.4 Å². The minimum Gasteiger partial charge on any atom is -0.466 e. The lowest BCUT2D eigenvalue weighted by Gasteiger charge is -2.00. The fraction of sp³-hybridized carbons (Fsp3) is 0.364. The van der Waals surface area contributed by atoms with Crippen LogP contribution in [0.1, 0.15) is 13.3 Å². The van der Waals surface area contributed by atoms with E-state index in [4.69, 9.17) is 0 Å². The summed E-state index contributed by atoms with van der Waals surface area (Å²) in [6.45, 7) is 1.60. The predicted molar refractivity (Wildman–Crippen MR) is 63.5 cm³/mol. The van der Waals surface area contributed by atoms with Crippen LogP contribution in [-0.2, 0) is 20.9 Å². The molecule has 0 radical (unpaired) electrons. The lowest BCUT2D eigenvalue weighted by Crippen LogP contribution is -2.26. The van der Waals surface area contributed by atoms with Crippen LogP contribution in [-0.4, -0.2) is 37.5 Å². The Morgan fingerprint density at radius 2 is 2.21 bits per heavy atom. The summed E-state index contributed by atoms with van der Waals surface area (Å²) in [5.41, 5.74) is -0.106. The number of fused-ring (bicyclic) bond motifs is 1. The number of nitrogens with zero attached hydrogens (tertiary/aromatic N) is 4. The molecule has 0 N–H and O–H groups in total. The molecule has 0 spiro atoms. The zero-order chi connectivity index (χ0) is 13.8. The van der Waals surface area contributed by atoms with Gasteiger partial charge in [0.2, 0.25) is 0 Å². The Morgan fingerprint density at radius 3 is 2.89 bits per heavy atom. The van der Waals surface area contributed by atoms with Crippen molar-refractivity contribution in [2.75, 3.05) is 6.61 Å². The molecule has 0 saturated carbocycles. The van der Waals surface area contributed by atoms with E-state index in [1.807, 2.05) is 0 Å². The zero-order valence-electron chi connectivity index (χ0n) is 10.3. The number of rotatable bonds is 5. The average Bonchev–Trinajstić information content (AvgIpc) is 2.67. The molecule has 0 aliphatic rings. The molecule has 0 saturated heterocycles. The molecule has 8 nitrogen and oxygen atoms in total. The number of carbonyl (C=O) groups is 2. The van der Waals surface area contributed by atoms with Crippen molar-refractivity contribution in [2.45, 2.75) is 19.9 Å². The van der Waals surface area contributed by atoms with Crippen molar-refractivity contribution in [1.29, 1.82) is 0 Å². The number of hydrogen-bond donors (Lipinski definition) is 0. The summed E-state index contributed by atoms with van der Waals surface area (Å²) in [6.07, 6.45) is 3.94. The van der Waals surface area contributed by atoms with Crippen LogP contribution in [0.15, 0.2) is 23.4 Å². The molecule has 0 aliphatic carbocycles. The Kier molecular flexibility index (Phi) is 3.69. The van der Waals surface area contributed by atoms with Gasteiger partial charge in [0.1, 0.15) is 13.0 Å². The molecule has 8 heteroatoms. The summed E-state index contributed by atoms with van der Waals surface area (Å²) in [7, 11) is 0. The van der Waals surface area contributed by atoms with E-state index in [2.05, 4.69) is 14.8 Å². The van der Waals surface area contributed by atoms with Crippen LogP contribution >= 0.6 is 0 Å². The van der Waals surface area contributed by atoms with Gasteiger partial charge in [-0.15, -0.1) is 5.10 Å². The fourth-order valence-electron chi connectivity index (χ4n) is 1.58. The maximum Gasteiger partial charge on any atom is 0.350 e. The summed E-state index contributed by atoms with van der Waals surface area (Å²) < 4.78 is 6.92. The first-order valence-electron chi connectivity index (χ1n) is 5.68. The normalized spacial score (nSPS) is 10.6. The molecule has 0 aliphatic heterocycles. The fourth-order valence-corrected chi connectivity index (χ4v) is 1.58. The third-order valence-corrected chi connectivity index (χ3v) is 2.36. The van der Waals surface area contributed by atoms with Crippen molar-refractivity contribution < 1.29 is 14.3 Å². The van der Waals surface area contributed by atoms with E-state index in [-0.39, 0.29) is 19.6 Å². The van der Waals surface area contributed by atoms with Gasteiger partial charge in [0.05, 0.1) is 12.8 Å². The number of aromatic nitrogens is 4. The van der Waals surface area contributed by atoms with Gasteiger partial charge in [-0.25, -0.2) is 13.9 Å². The summed E-state index contributed by atoms with van der Waals surface area (Å²) in [6, 6.07) is 0. The van der Waals surface area contributed by atoms with Crippen LogP contribution in [0.4, 0.5) is 0 Å². The third kappa shape index (κ3) is 2.84. The Labute approximate surface area is 107 Å². The van der Waals surface area contributed by atoms with Crippen molar-refractivity contribution in [3.05, 3.63) is 29.1 Å². The minimum atomic E-state index is -0.606. The van der Waals surface area contributed by atoms with Gasteiger partial charge in [0.25, 0.3) is 0 Å². The van der Waals surface area contributed by atoms with Gasteiger partial charge in [-0.2, -0.15) is 0 Å². The molecule has 2 aromatic heterocycles. The molecule has 19 heavy (non-hydrogen) atoms. The van der Waals surface area contributed by atoms with E-state index >= 15 is 0 Å². The van der Waals surface area contributed by atoms with Crippen LogP contribution < -0.4 is 5.69 Å². The molecule has 2 heterocycles. The van der Waals surface area contributed by atoms with E-state index in [0.29, 0.717) is 5.65 Å². The molecule has 0 bridgehead atoms. The van der Waals surface area contributed by atoms with Crippen molar-refractivity contribution >= 4 is 17.4 Å². The second kappa shape index (κ2) is 5.42. The van der Waals surface area contributed by atoms with Gasteiger partial charge < -0.3 is 4.74 Å². The monoisotopic (exact) mass is 264 g/mol. The number of ketones is 1. The smallest absolute Gasteiger partial charge is 0.350 e. The van der Waals surface area contributed by atoms with Gasteiger partial charge >= 0.3 is 11.7 Å². The highest BCUT2D eigenvalue weighted by Gasteiger charge is 2.14. The maximum absolute atomic E-state index is 11.8. The Bertz CT molecular complexity index is 673. The Hall–Kier alpha value is -2.51. The van der Waals surface area contributed by atoms with Crippen molar-refractivity contribution in [2.24, 2.45) is 0 Å². The quantitative estimate of drug-likeness (QED) is 0.529. The van der Waals surface area contributed by atoms with Gasteiger partial charge in [-0.1, -0.05) is 0 Å². The van der Waals surface area contributed by atoms with E-state index in [9.17, 15) is 14.4 Å². The third-order valence-electron chi connectivity index (χ3n) is 2.36. The molecule has 0 aromatic carbocycles. The number of hydrogen-bond acceptors (Lipinski definition) is 6. The average molecular weight is 264 g/mol. The molecule has 0 fully saturated rings. The minimum absolute atomic E-state index is 0.214. The summed E-state index contributed by atoms with van der Waals surface area (Å²) >= 11 is 0. The van der Waals surface area contributed by atoms with Gasteiger partial charge in [-0.3, -0.25) is 14.6 Å². The summed E-state index contributed by atoms with van der Waals surface area (Å²) in [5, 5.41) is 3.94. The van der Waals surface area contributed by atoms with Crippen molar-refractivity contribution in [3.63, 3.8) is 0 Å². The Morgan fingerprint density at radius 1 is 1.42 bits per heavy atom. The van der Waals surface area contributed by atoms with Crippen LogP contribution in [0.25, 0.3) is 5.65 Å². The van der Waals surface area contributed by atoms with Crippen LogP contribution in [0.3, 0.4) is 0 Å². The second-order valence-corrected chi connectivity index (χ2v) is 3.77. The molecular formula is C11H12N4O4. The Balaban J connectivity index is 2.13. The molecule has 0 unspecified atom stereocenters. The molecule has 100 valence electrons. The number of carbonyl (C=O) groups excluding carboxylic acids is 2. The molecule has 2 rings (SSSR count). The van der Waals surface area contributed by atoms with E-state index in [1.165, 1.54) is 23.0 Å². The molecular weight excluding hydrogens is 252 g/mol. The van der Waals surface area contributed by atoms with E-state index in [1.54, 1.807) is 6.92 Å².